The molecule has 32 heavy (non-hydrogen) atoms. The number of nitrogens with zero attached hydrogens (tertiary/aromatic N) is 8. The smallest absolute Gasteiger partial charge is 0.237 e. The maximum absolute atomic E-state index is 13.7. The molecule has 4 aromatic rings. The van der Waals surface area contributed by atoms with Crippen molar-refractivity contribution in [2.24, 2.45) is 0 Å². The van der Waals surface area contributed by atoms with Crippen LogP contribution in [-0.2, 0) is 0 Å². The summed E-state index contributed by atoms with van der Waals surface area (Å²) in [5.41, 5.74) is 1.52. The van der Waals surface area contributed by atoms with Gasteiger partial charge in [0, 0.05) is 24.0 Å². The number of anilines is 1. The molecule has 0 saturated heterocycles. The molecular weight excluding hydrogens is 431 g/mol. The Morgan fingerprint density at radius 3 is 2.72 bits per heavy atom. The SMILES string of the molecule is CCC1c2nnc(C)n2-c2cnc(-n3ccnc3-c3ccc(F)c(Cl)c3)nc2N1C(C)C. The first kappa shape index (κ1) is 20.6. The van der Waals surface area contributed by atoms with Gasteiger partial charge in [-0.25, -0.2) is 14.4 Å². The lowest BCUT2D eigenvalue weighted by Gasteiger charge is -2.39. The van der Waals surface area contributed by atoms with Gasteiger partial charge in [0.25, 0.3) is 0 Å². The van der Waals surface area contributed by atoms with E-state index in [1.807, 2.05) is 11.5 Å². The predicted molar refractivity (Wildman–Crippen MR) is 120 cm³/mol. The number of hydrogen-bond acceptors (Lipinski definition) is 6. The van der Waals surface area contributed by atoms with Gasteiger partial charge < -0.3 is 4.90 Å². The summed E-state index contributed by atoms with van der Waals surface area (Å²) in [7, 11) is 0. The van der Waals surface area contributed by atoms with E-state index in [0.29, 0.717) is 17.3 Å². The lowest BCUT2D eigenvalue weighted by atomic mass is 10.1. The van der Waals surface area contributed by atoms with Crippen molar-refractivity contribution in [1.29, 1.82) is 0 Å². The number of fused-ring (bicyclic) bond motifs is 3. The number of rotatable bonds is 4. The van der Waals surface area contributed by atoms with Crippen LogP contribution in [0.1, 0.15) is 44.9 Å². The molecule has 0 N–H and O–H groups in total. The lowest BCUT2D eigenvalue weighted by molar-refractivity contribution is 0.496. The summed E-state index contributed by atoms with van der Waals surface area (Å²) in [4.78, 5) is 16.3. The molecule has 4 heterocycles. The first-order valence-corrected chi connectivity index (χ1v) is 10.8. The third kappa shape index (κ3) is 3.07. The number of aryl methyl sites for hydroxylation is 1. The van der Waals surface area contributed by atoms with Crippen LogP contribution in [0.25, 0.3) is 23.0 Å². The minimum Gasteiger partial charge on any atom is -0.342 e. The Kier molecular flexibility index (Phi) is 4.93. The predicted octanol–water partition coefficient (Wildman–Crippen LogP) is 4.69. The highest BCUT2D eigenvalue weighted by Gasteiger charge is 2.36. The Morgan fingerprint density at radius 1 is 1.19 bits per heavy atom. The standard InChI is InChI=1S/C22H22ClFN8/c1-5-17-21-29-28-13(4)32(21)18-11-26-22(27-20(18)31(17)12(2)3)30-9-8-25-19(30)14-6-7-16(24)15(23)10-14/h6-12,17H,5H2,1-4H3. The molecule has 164 valence electrons. The second-order valence-corrected chi connectivity index (χ2v) is 8.40. The fourth-order valence-electron chi connectivity index (χ4n) is 4.28. The summed E-state index contributed by atoms with van der Waals surface area (Å²) in [5.74, 6) is 3.06. The van der Waals surface area contributed by atoms with Crippen LogP contribution < -0.4 is 4.90 Å². The molecule has 1 atom stereocenters. The van der Waals surface area contributed by atoms with E-state index >= 15 is 0 Å². The summed E-state index contributed by atoms with van der Waals surface area (Å²) in [5, 5.41) is 8.78. The fraction of sp³-hybridized carbons (Fsp3) is 0.318. The zero-order chi connectivity index (χ0) is 22.6. The minimum atomic E-state index is -0.475. The Balaban J connectivity index is 1.68. The van der Waals surface area contributed by atoms with Gasteiger partial charge in [-0.15, -0.1) is 10.2 Å². The number of halogens is 2. The number of imidazole rings is 1. The molecule has 1 aliphatic rings. The maximum atomic E-state index is 13.7. The van der Waals surface area contributed by atoms with Crippen LogP contribution in [0, 0.1) is 12.7 Å². The molecule has 5 rings (SSSR count). The molecule has 8 nitrogen and oxygen atoms in total. The average molecular weight is 453 g/mol. The van der Waals surface area contributed by atoms with Crippen LogP contribution in [0.3, 0.4) is 0 Å². The van der Waals surface area contributed by atoms with Gasteiger partial charge in [0.05, 0.1) is 17.3 Å². The van der Waals surface area contributed by atoms with Gasteiger partial charge in [0.2, 0.25) is 5.95 Å². The van der Waals surface area contributed by atoms with Crippen LogP contribution in [0.15, 0.2) is 36.8 Å². The van der Waals surface area contributed by atoms with Gasteiger partial charge in [0.15, 0.2) is 11.6 Å². The zero-order valence-corrected chi connectivity index (χ0v) is 18.9. The molecule has 1 unspecified atom stereocenters. The van der Waals surface area contributed by atoms with Gasteiger partial charge >= 0.3 is 0 Å². The van der Waals surface area contributed by atoms with Crippen molar-refractivity contribution in [2.45, 2.75) is 46.2 Å². The summed E-state index contributed by atoms with van der Waals surface area (Å²) in [6.07, 6.45) is 6.09. The molecule has 10 heteroatoms. The Hall–Kier alpha value is -3.33. The van der Waals surface area contributed by atoms with E-state index in [2.05, 4.69) is 45.8 Å². The molecule has 0 spiro atoms. The molecule has 0 aliphatic carbocycles. The van der Waals surface area contributed by atoms with Crippen LogP contribution in [0.5, 0.6) is 0 Å². The van der Waals surface area contributed by atoms with E-state index in [-0.39, 0.29) is 17.1 Å². The van der Waals surface area contributed by atoms with Gasteiger partial charge in [0.1, 0.15) is 23.2 Å². The maximum Gasteiger partial charge on any atom is 0.237 e. The summed E-state index contributed by atoms with van der Waals surface area (Å²) in [6, 6.07) is 4.75. The quantitative estimate of drug-likeness (QED) is 0.447. The van der Waals surface area contributed by atoms with Crippen LogP contribution in [0.2, 0.25) is 5.02 Å². The number of aromatic nitrogens is 7. The Bertz CT molecular complexity index is 1310. The summed E-state index contributed by atoms with van der Waals surface area (Å²) >= 11 is 6.00. The van der Waals surface area contributed by atoms with E-state index in [9.17, 15) is 4.39 Å². The highest BCUT2D eigenvalue weighted by atomic mass is 35.5. The zero-order valence-electron chi connectivity index (χ0n) is 18.2. The molecule has 1 aromatic carbocycles. The van der Waals surface area contributed by atoms with Gasteiger partial charge in [-0.2, -0.15) is 4.98 Å². The molecule has 0 saturated carbocycles. The third-order valence-corrected chi connectivity index (χ3v) is 5.97. The second-order valence-electron chi connectivity index (χ2n) is 7.99. The normalized spacial score (nSPS) is 15.2. The molecule has 1 aliphatic heterocycles. The third-order valence-electron chi connectivity index (χ3n) is 5.68. The minimum absolute atomic E-state index is 0.0378. The van der Waals surface area contributed by atoms with Crippen molar-refractivity contribution in [3.05, 3.63) is 59.3 Å². The van der Waals surface area contributed by atoms with Crippen LogP contribution >= 0.6 is 11.6 Å². The van der Waals surface area contributed by atoms with Crippen molar-refractivity contribution >= 4 is 17.4 Å². The Labute approximate surface area is 189 Å². The van der Waals surface area contributed by atoms with E-state index in [0.717, 1.165) is 29.6 Å². The van der Waals surface area contributed by atoms with E-state index < -0.39 is 5.82 Å². The van der Waals surface area contributed by atoms with Crippen LogP contribution in [-0.4, -0.2) is 40.3 Å². The number of hydrogen-bond donors (Lipinski definition) is 0. The molecule has 0 bridgehead atoms. The van der Waals surface area contributed by atoms with E-state index in [1.54, 1.807) is 35.3 Å². The molecule has 0 amide bonds. The molecular formula is C22H22ClFN8. The fourth-order valence-corrected chi connectivity index (χ4v) is 4.46. The summed E-state index contributed by atoms with van der Waals surface area (Å²) < 4.78 is 17.5. The van der Waals surface area contributed by atoms with Crippen molar-refractivity contribution in [3.63, 3.8) is 0 Å². The average Bonchev–Trinajstić information content (AvgIpc) is 3.41. The van der Waals surface area contributed by atoms with Crippen molar-refractivity contribution in [2.75, 3.05) is 4.90 Å². The Morgan fingerprint density at radius 2 is 2.00 bits per heavy atom. The van der Waals surface area contributed by atoms with Gasteiger partial charge in [-0.1, -0.05) is 18.5 Å². The lowest BCUT2D eigenvalue weighted by Crippen LogP contribution is -2.40. The van der Waals surface area contributed by atoms with Crippen molar-refractivity contribution in [1.82, 2.24) is 34.3 Å². The highest BCUT2D eigenvalue weighted by Crippen LogP contribution is 2.40. The first-order chi connectivity index (χ1) is 15.4. The first-order valence-electron chi connectivity index (χ1n) is 10.5. The molecule has 3 aromatic heterocycles. The topological polar surface area (TPSA) is 77.5 Å². The summed E-state index contributed by atoms with van der Waals surface area (Å²) in [6.45, 7) is 8.33. The molecule has 0 radical (unpaired) electrons. The monoisotopic (exact) mass is 452 g/mol. The van der Waals surface area contributed by atoms with Gasteiger partial charge in [-0.3, -0.25) is 9.13 Å². The van der Waals surface area contributed by atoms with E-state index in [1.165, 1.54) is 6.07 Å². The second kappa shape index (κ2) is 7.67. The van der Waals surface area contributed by atoms with Crippen LogP contribution in [0.4, 0.5) is 10.2 Å². The van der Waals surface area contributed by atoms with E-state index in [4.69, 9.17) is 16.6 Å². The number of benzene rings is 1. The van der Waals surface area contributed by atoms with Crippen molar-refractivity contribution in [3.8, 4) is 23.0 Å². The van der Waals surface area contributed by atoms with Crippen molar-refractivity contribution < 1.29 is 4.39 Å². The highest BCUT2D eigenvalue weighted by molar-refractivity contribution is 6.31. The van der Waals surface area contributed by atoms with Gasteiger partial charge in [-0.05, 0) is 45.4 Å². The largest absolute Gasteiger partial charge is 0.342 e. The molecule has 0 fully saturated rings.